The average molecular weight is 352 g/mol. The lowest BCUT2D eigenvalue weighted by Crippen LogP contribution is -2.17. The Kier molecular flexibility index (Phi) is 5.31. The fraction of sp³-hybridized carbons (Fsp3) is 0.100. The van der Waals surface area contributed by atoms with Gasteiger partial charge in [-0.05, 0) is 29.8 Å². The molecule has 0 fully saturated rings. The van der Waals surface area contributed by atoms with Gasteiger partial charge in [-0.15, -0.1) is 0 Å². The molecule has 0 saturated carbocycles. The molecule has 0 spiro atoms. The summed E-state index contributed by atoms with van der Waals surface area (Å²) in [7, 11) is 2.01. The molecule has 1 heterocycles. The minimum Gasteiger partial charge on any atom is -0.369 e. The quantitative estimate of drug-likeness (QED) is 0.729. The number of amides is 1. The molecule has 1 amide bonds. The molecule has 0 atom stereocenters. The van der Waals surface area contributed by atoms with Crippen LogP contribution in [0.25, 0.3) is 0 Å². The van der Waals surface area contributed by atoms with Crippen molar-refractivity contribution in [3.05, 3.63) is 89.1 Å². The molecule has 0 saturated heterocycles. The number of rotatable bonds is 5. The molecule has 126 valence electrons. The lowest BCUT2D eigenvalue weighted by molar-refractivity contribution is 0.102. The van der Waals surface area contributed by atoms with Crippen molar-refractivity contribution in [2.45, 2.75) is 6.54 Å². The maximum Gasteiger partial charge on any atom is 0.258 e. The van der Waals surface area contributed by atoms with Crippen molar-refractivity contribution >= 4 is 29.0 Å². The van der Waals surface area contributed by atoms with Crippen LogP contribution in [-0.2, 0) is 6.54 Å². The summed E-state index contributed by atoms with van der Waals surface area (Å²) in [4.78, 5) is 18.7. The number of benzene rings is 2. The van der Waals surface area contributed by atoms with Gasteiger partial charge in [0.15, 0.2) is 0 Å². The third kappa shape index (κ3) is 4.37. The van der Waals surface area contributed by atoms with Gasteiger partial charge in [-0.3, -0.25) is 4.79 Å². The Bertz CT molecular complexity index is 850. The summed E-state index contributed by atoms with van der Waals surface area (Å²) in [6.07, 6.45) is 1.74. The summed E-state index contributed by atoms with van der Waals surface area (Å²) in [6.45, 7) is 0.786. The third-order valence-electron chi connectivity index (χ3n) is 3.81. The van der Waals surface area contributed by atoms with E-state index in [4.69, 9.17) is 11.6 Å². The van der Waals surface area contributed by atoms with Crippen molar-refractivity contribution in [2.75, 3.05) is 17.3 Å². The van der Waals surface area contributed by atoms with Gasteiger partial charge in [0.2, 0.25) is 0 Å². The summed E-state index contributed by atoms with van der Waals surface area (Å²) in [5, 5.41) is 3.18. The lowest BCUT2D eigenvalue weighted by Gasteiger charge is -2.19. The Morgan fingerprint density at radius 1 is 1.04 bits per heavy atom. The zero-order chi connectivity index (χ0) is 17.6. The van der Waals surface area contributed by atoms with Crippen LogP contribution < -0.4 is 10.2 Å². The average Bonchev–Trinajstić information content (AvgIpc) is 2.63. The number of pyridine rings is 1. The van der Waals surface area contributed by atoms with Crippen LogP contribution in [-0.4, -0.2) is 17.9 Å². The molecule has 1 N–H and O–H groups in total. The van der Waals surface area contributed by atoms with Crippen molar-refractivity contribution in [3.63, 3.8) is 0 Å². The minimum atomic E-state index is -0.275. The van der Waals surface area contributed by atoms with E-state index < -0.39 is 0 Å². The molecule has 4 nitrogen and oxygen atoms in total. The Morgan fingerprint density at radius 3 is 2.44 bits per heavy atom. The monoisotopic (exact) mass is 351 g/mol. The van der Waals surface area contributed by atoms with Gasteiger partial charge in [-0.2, -0.15) is 0 Å². The number of anilines is 2. The van der Waals surface area contributed by atoms with Crippen LogP contribution in [0.15, 0.2) is 72.9 Å². The van der Waals surface area contributed by atoms with E-state index in [0.29, 0.717) is 16.4 Å². The molecule has 25 heavy (non-hydrogen) atoms. The first-order valence-corrected chi connectivity index (χ1v) is 8.28. The number of carbonyl (C=O) groups excluding carboxylic acids is 1. The van der Waals surface area contributed by atoms with Crippen LogP contribution in [0.5, 0.6) is 0 Å². The maximum absolute atomic E-state index is 12.2. The number of hydrogen-bond acceptors (Lipinski definition) is 3. The predicted molar refractivity (Wildman–Crippen MR) is 102 cm³/mol. The summed E-state index contributed by atoms with van der Waals surface area (Å²) in [5.74, 6) is 0.213. The molecule has 1 aromatic heterocycles. The second-order valence-corrected chi connectivity index (χ2v) is 6.08. The van der Waals surface area contributed by atoms with E-state index >= 15 is 0 Å². The lowest BCUT2D eigenvalue weighted by atomic mass is 10.2. The predicted octanol–water partition coefficient (Wildman–Crippen LogP) is 4.62. The van der Waals surface area contributed by atoms with E-state index in [-0.39, 0.29) is 5.91 Å². The molecule has 0 unspecified atom stereocenters. The first-order chi connectivity index (χ1) is 12.1. The molecular weight excluding hydrogens is 334 g/mol. The van der Waals surface area contributed by atoms with E-state index in [1.54, 1.807) is 36.5 Å². The van der Waals surface area contributed by atoms with Crippen LogP contribution in [0.1, 0.15) is 15.9 Å². The van der Waals surface area contributed by atoms with Crippen molar-refractivity contribution in [1.82, 2.24) is 4.98 Å². The second kappa shape index (κ2) is 7.81. The molecule has 3 rings (SSSR count). The van der Waals surface area contributed by atoms with Crippen LogP contribution in [0.4, 0.5) is 11.5 Å². The number of halogens is 1. The van der Waals surface area contributed by atoms with E-state index in [1.807, 2.05) is 31.3 Å². The first kappa shape index (κ1) is 17.0. The van der Waals surface area contributed by atoms with E-state index in [0.717, 1.165) is 12.2 Å². The molecule has 0 radical (unpaired) electrons. The zero-order valence-corrected chi connectivity index (χ0v) is 14.6. The molecule has 5 heteroatoms. The fourth-order valence-electron chi connectivity index (χ4n) is 2.46. The van der Waals surface area contributed by atoms with Crippen LogP contribution in [0, 0.1) is 0 Å². The smallest absolute Gasteiger partial charge is 0.258 e. The van der Waals surface area contributed by atoms with Crippen molar-refractivity contribution in [1.29, 1.82) is 0 Å². The van der Waals surface area contributed by atoms with Crippen LogP contribution in [0.3, 0.4) is 0 Å². The summed E-state index contributed by atoms with van der Waals surface area (Å²) >= 11 is 6.04. The minimum absolute atomic E-state index is 0.275. The Balaban J connectivity index is 1.66. The number of nitrogens with one attached hydrogen (secondary N) is 1. The molecule has 0 bridgehead atoms. The Labute approximate surface area is 152 Å². The summed E-state index contributed by atoms with van der Waals surface area (Å²) < 4.78 is 0. The highest BCUT2D eigenvalue weighted by Gasteiger charge is 2.10. The normalized spacial score (nSPS) is 10.3. The highest BCUT2D eigenvalue weighted by Crippen LogP contribution is 2.19. The van der Waals surface area contributed by atoms with Gasteiger partial charge >= 0.3 is 0 Å². The molecule has 0 aliphatic heterocycles. The second-order valence-electron chi connectivity index (χ2n) is 5.68. The Hall–Kier alpha value is -2.85. The molecule has 3 aromatic rings. The van der Waals surface area contributed by atoms with Gasteiger partial charge in [-0.25, -0.2) is 4.98 Å². The van der Waals surface area contributed by atoms with Crippen LogP contribution in [0.2, 0.25) is 5.02 Å². The van der Waals surface area contributed by atoms with Crippen molar-refractivity contribution in [3.8, 4) is 0 Å². The fourth-order valence-corrected chi connectivity index (χ4v) is 2.68. The van der Waals surface area contributed by atoms with E-state index in [1.165, 1.54) is 5.56 Å². The molecule has 0 aliphatic rings. The number of nitrogens with zero attached hydrogens (tertiary/aromatic N) is 2. The standard InChI is InChI=1S/C20H18ClN3O/c1-24(14-15-7-3-2-4-8-15)16-11-12-19(22-13-16)23-20(25)17-9-5-6-10-18(17)21/h2-13H,14H2,1H3,(H,22,23,25). The molecule has 2 aromatic carbocycles. The number of aromatic nitrogens is 1. The first-order valence-electron chi connectivity index (χ1n) is 7.90. The zero-order valence-electron chi connectivity index (χ0n) is 13.8. The molecule has 0 aliphatic carbocycles. The van der Waals surface area contributed by atoms with Gasteiger partial charge in [0.05, 0.1) is 22.5 Å². The van der Waals surface area contributed by atoms with Gasteiger partial charge in [-0.1, -0.05) is 54.1 Å². The van der Waals surface area contributed by atoms with Gasteiger partial charge in [0.1, 0.15) is 5.82 Å². The van der Waals surface area contributed by atoms with E-state index in [2.05, 4.69) is 27.3 Å². The topological polar surface area (TPSA) is 45.2 Å². The van der Waals surface area contributed by atoms with Crippen molar-refractivity contribution in [2.24, 2.45) is 0 Å². The summed E-state index contributed by atoms with van der Waals surface area (Å²) in [5.41, 5.74) is 2.62. The highest BCUT2D eigenvalue weighted by atomic mass is 35.5. The van der Waals surface area contributed by atoms with Crippen LogP contribution >= 0.6 is 11.6 Å². The number of hydrogen-bond donors (Lipinski definition) is 1. The molecular formula is C20H18ClN3O. The van der Waals surface area contributed by atoms with E-state index in [9.17, 15) is 4.79 Å². The largest absolute Gasteiger partial charge is 0.369 e. The van der Waals surface area contributed by atoms with Gasteiger partial charge in [0, 0.05) is 13.6 Å². The Morgan fingerprint density at radius 2 is 1.76 bits per heavy atom. The maximum atomic E-state index is 12.2. The third-order valence-corrected chi connectivity index (χ3v) is 4.14. The number of carbonyl (C=O) groups is 1. The summed E-state index contributed by atoms with van der Waals surface area (Å²) in [6, 6.07) is 20.9. The van der Waals surface area contributed by atoms with Gasteiger partial charge in [0.25, 0.3) is 5.91 Å². The highest BCUT2D eigenvalue weighted by molar-refractivity contribution is 6.34. The SMILES string of the molecule is CN(Cc1ccccc1)c1ccc(NC(=O)c2ccccc2Cl)nc1. The van der Waals surface area contributed by atoms with Crippen molar-refractivity contribution < 1.29 is 4.79 Å². The van der Waals surface area contributed by atoms with Gasteiger partial charge < -0.3 is 10.2 Å².